The van der Waals surface area contributed by atoms with Gasteiger partial charge in [-0.25, -0.2) is 0 Å². The van der Waals surface area contributed by atoms with Gasteiger partial charge in [-0.1, -0.05) is 136 Å². The van der Waals surface area contributed by atoms with Crippen LogP contribution >= 0.6 is 0 Å². The van der Waals surface area contributed by atoms with Crippen LogP contribution in [-0.4, -0.2) is 33.7 Å². The third-order valence-corrected chi connectivity index (χ3v) is 9.83. The van der Waals surface area contributed by atoms with Crippen LogP contribution in [0.3, 0.4) is 0 Å². The molecule has 0 N–H and O–H groups in total. The number of carbonyl (C=O) groups is 2. The van der Waals surface area contributed by atoms with Crippen molar-refractivity contribution in [3.05, 3.63) is 179 Å². The van der Waals surface area contributed by atoms with E-state index >= 15 is 0 Å². The van der Waals surface area contributed by atoms with Gasteiger partial charge in [-0.2, -0.15) is 0 Å². The van der Waals surface area contributed by atoms with E-state index in [0.717, 1.165) is 39.0 Å². The van der Waals surface area contributed by atoms with E-state index in [1.165, 1.54) is 0 Å². The average Bonchev–Trinajstić information content (AvgIpc) is 3.14. The lowest BCUT2D eigenvalue weighted by Crippen LogP contribution is -2.39. The highest BCUT2D eigenvalue weighted by molar-refractivity contribution is 6.01. The van der Waals surface area contributed by atoms with Crippen LogP contribution in [0.15, 0.2) is 179 Å². The second-order valence-corrected chi connectivity index (χ2v) is 15.5. The predicted molar refractivity (Wildman–Crippen MR) is 226 cm³/mol. The molecule has 0 fully saturated rings. The van der Waals surface area contributed by atoms with Crippen LogP contribution in [0.1, 0.15) is 75.2 Å². The van der Waals surface area contributed by atoms with Gasteiger partial charge in [0.25, 0.3) is 0 Å². The first-order valence-electron chi connectivity index (χ1n) is 18.9. The lowest BCUT2D eigenvalue weighted by atomic mass is 9.71. The summed E-state index contributed by atoms with van der Waals surface area (Å²) < 4.78 is 12.0. The molecule has 0 radical (unpaired) electrons. The maximum atomic E-state index is 13.2. The molecule has 0 saturated carbocycles. The zero-order valence-corrected chi connectivity index (χ0v) is 33.9. The molecule has 0 amide bonds. The highest BCUT2D eigenvalue weighted by atomic mass is 16.5. The zero-order chi connectivity index (χ0) is 40.0. The van der Waals surface area contributed by atoms with Gasteiger partial charge in [-0.15, -0.1) is 0 Å². The van der Waals surface area contributed by atoms with Crippen molar-refractivity contribution in [3.8, 4) is 11.5 Å². The quantitative estimate of drug-likeness (QED) is 0.180. The van der Waals surface area contributed by atoms with Crippen LogP contribution in [0.2, 0.25) is 0 Å². The molecule has 2 unspecified atom stereocenters. The molecule has 2 aromatic heterocycles. The lowest BCUT2D eigenvalue weighted by Gasteiger charge is -2.36. The topological polar surface area (TPSA) is 78.4 Å². The first-order valence-corrected chi connectivity index (χ1v) is 18.9. The number of nitrogens with zero attached hydrogens (tertiary/aromatic N) is 2. The van der Waals surface area contributed by atoms with Crippen molar-refractivity contribution in [2.75, 3.05) is 0 Å². The van der Waals surface area contributed by atoms with Gasteiger partial charge in [0.1, 0.15) is 11.5 Å². The molecular formula is C49H56N2O4. The van der Waals surface area contributed by atoms with Crippen LogP contribution in [0.5, 0.6) is 11.5 Å². The van der Waals surface area contributed by atoms with Crippen molar-refractivity contribution in [2.45, 2.75) is 87.4 Å². The van der Waals surface area contributed by atoms with Crippen molar-refractivity contribution in [2.24, 2.45) is 10.8 Å². The number of aromatic nitrogens is 2. The molecule has 0 bridgehead atoms. The van der Waals surface area contributed by atoms with Crippen molar-refractivity contribution >= 4 is 11.6 Å². The molecule has 2 aromatic rings. The molecule has 4 rings (SSSR count). The van der Waals surface area contributed by atoms with Gasteiger partial charge < -0.3 is 9.47 Å². The molecule has 6 heteroatoms. The summed E-state index contributed by atoms with van der Waals surface area (Å²) in [4.78, 5) is 34.5. The van der Waals surface area contributed by atoms with Crippen molar-refractivity contribution in [1.29, 1.82) is 0 Å². The number of ether oxygens (including phenoxy) is 2. The summed E-state index contributed by atoms with van der Waals surface area (Å²) in [6, 6.07) is 7.27. The molecule has 286 valence electrons. The normalized spacial score (nSPS) is 21.5. The number of carbonyl (C=O) groups excluding carboxylic acids is 2. The Morgan fingerprint density at radius 2 is 0.982 bits per heavy atom. The van der Waals surface area contributed by atoms with Crippen LogP contribution in [0.4, 0.5) is 0 Å². The summed E-state index contributed by atoms with van der Waals surface area (Å²) in [5.41, 5.74) is 6.45. The number of allylic oxidation sites excluding steroid dienone is 20. The van der Waals surface area contributed by atoms with Crippen LogP contribution in [0, 0.1) is 10.8 Å². The molecule has 2 heterocycles. The third-order valence-electron chi connectivity index (χ3n) is 9.83. The summed E-state index contributed by atoms with van der Waals surface area (Å²) >= 11 is 0. The number of hydrogen-bond donors (Lipinski definition) is 0. The number of pyridine rings is 2. The molecule has 0 aromatic carbocycles. The van der Waals surface area contributed by atoms with Crippen LogP contribution in [0.25, 0.3) is 0 Å². The second-order valence-electron chi connectivity index (χ2n) is 15.5. The molecule has 2 aliphatic rings. The van der Waals surface area contributed by atoms with Crippen molar-refractivity contribution in [3.63, 3.8) is 0 Å². The van der Waals surface area contributed by atoms with E-state index in [9.17, 15) is 9.59 Å². The zero-order valence-electron chi connectivity index (χ0n) is 33.9. The number of hydrogen-bond acceptors (Lipinski definition) is 6. The Balaban J connectivity index is 1.25. The van der Waals surface area contributed by atoms with Gasteiger partial charge in [0.05, 0.1) is 12.4 Å². The minimum atomic E-state index is -0.515. The molecule has 0 saturated heterocycles. The molecule has 0 spiro atoms. The summed E-state index contributed by atoms with van der Waals surface area (Å²) in [7, 11) is 0. The maximum Gasteiger partial charge on any atom is 0.199 e. The first-order chi connectivity index (χ1) is 26.2. The Kier molecular flexibility index (Phi) is 15.0. The van der Waals surface area contributed by atoms with Gasteiger partial charge in [0.15, 0.2) is 23.8 Å². The monoisotopic (exact) mass is 736 g/mol. The van der Waals surface area contributed by atoms with Gasteiger partial charge in [-0.05, 0) is 92.0 Å². The van der Waals surface area contributed by atoms with Crippen molar-refractivity contribution in [1.82, 2.24) is 9.97 Å². The van der Waals surface area contributed by atoms with Gasteiger partial charge >= 0.3 is 0 Å². The average molecular weight is 737 g/mol. The Morgan fingerprint density at radius 3 is 1.38 bits per heavy atom. The fourth-order valence-corrected chi connectivity index (χ4v) is 6.77. The Hall–Kier alpha value is -5.62. The SMILES string of the molecule is CC1=C(/C=C/C(C)=C/C=C/C=C/C=C/C=C(C)/C=C/C=C(C)/C=C/C2=C(C)C(=O)C(Oc3cccnc3)CC2(C)C)C(C)(C)CC(Oc2cccnc2)C1=O. The summed E-state index contributed by atoms with van der Waals surface area (Å²) in [5.74, 6) is 1.27. The van der Waals surface area contributed by atoms with E-state index in [0.29, 0.717) is 24.3 Å². The Morgan fingerprint density at radius 1 is 0.600 bits per heavy atom. The first kappa shape index (κ1) is 42.1. The summed E-state index contributed by atoms with van der Waals surface area (Å²) in [6.45, 7) is 18.6. The van der Waals surface area contributed by atoms with E-state index in [4.69, 9.17) is 9.47 Å². The molecule has 0 aliphatic heterocycles. The number of ketones is 2. The largest absolute Gasteiger partial charge is 0.481 e. The Bertz CT molecular complexity index is 2030. The minimum Gasteiger partial charge on any atom is -0.481 e. The standard InChI is InChI=1S/C49H56N2O4/c1-35(21-16-22-37(3)26-28-43-39(5)47(53)45(32-49(43,8)9)55-41-24-18-30-51-34-41)19-14-12-10-11-13-15-20-36(2)25-27-42-38(4)46(52)44(31-48(42,6)7)54-40-23-17-29-50-33-40/h10-30,33-34,44-45H,31-32H2,1-9H3/b11-10+,14-12+,15-13+,21-16+,27-25+,28-26+,35-19+,36-20+,37-22+. The molecule has 2 atom stereocenters. The number of rotatable bonds is 14. The summed E-state index contributed by atoms with van der Waals surface area (Å²) in [5, 5.41) is 0. The van der Waals surface area contributed by atoms with E-state index in [1.807, 2.05) is 80.6 Å². The van der Waals surface area contributed by atoms with E-state index in [-0.39, 0.29) is 22.4 Å². The minimum absolute atomic E-state index is 0.0231. The van der Waals surface area contributed by atoms with E-state index in [1.54, 1.807) is 24.8 Å². The molecule has 2 aliphatic carbocycles. The predicted octanol–water partition coefficient (Wildman–Crippen LogP) is 11.5. The fourth-order valence-electron chi connectivity index (χ4n) is 6.77. The van der Waals surface area contributed by atoms with Crippen LogP contribution in [-0.2, 0) is 9.59 Å². The maximum absolute atomic E-state index is 13.2. The van der Waals surface area contributed by atoms with Crippen LogP contribution < -0.4 is 9.47 Å². The Labute approximate surface area is 328 Å². The highest BCUT2D eigenvalue weighted by Gasteiger charge is 2.40. The van der Waals surface area contributed by atoms with E-state index < -0.39 is 12.2 Å². The third kappa shape index (κ3) is 12.5. The fraction of sp³-hybridized carbons (Fsp3) is 0.306. The lowest BCUT2D eigenvalue weighted by molar-refractivity contribution is -0.124. The smallest absolute Gasteiger partial charge is 0.199 e. The highest BCUT2D eigenvalue weighted by Crippen LogP contribution is 2.42. The summed E-state index contributed by atoms with van der Waals surface area (Å²) in [6.07, 6.45) is 37.4. The van der Waals surface area contributed by atoms with Gasteiger partial charge in [0, 0.05) is 25.2 Å². The van der Waals surface area contributed by atoms with E-state index in [2.05, 4.69) is 107 Å². The number of Topliss-reactive ketones (excluding diaryl/α,β-unsaturated/α-hetero) is 2. The molecule has 55 heavy (non-hydrogen) atoms. The molecular weight excluding hydrogens is 681 g/mol. The second kappa shape index (κ2) is 19.6. The van der Waals surface area contributed by atoms with Gasteiger partial charge in [0.2, 0.25) is 0 Å². The van der Waals surface area contributed by atoms with Crippen molar-refractivity contribution < 1.29 is 19.1 Å². The molecule has 6 nitrogen and oxygen atoms in total. The van der Waals surface area contributed by atoms with Gasteiger partial charge in [-0.3, -0.25) is 19.6 Å².